The summed E-state index contributed by atoms with van der Waals surface area (Å²) < 4.78 is 0. The van der Waals surface area contributed by atoms with Crippen LogP contribution in [-0.2, 0) is 0 Å². The van der Waals surface area contributed by atoms with Crippen LogP contribution in [0.4, 0.5) is 11.5 Å². The SMILES string of the molecule is Cc1c(N)cccc1C(=O)Nc1cccnn1. The third-order valence-corrected chi connectivity index (χ3v) is 2.43. The molecule has 1 amide bonds. The molecule has 1 aromatic carbocycles. The summed E-state index contributed by atoms with van der Waals surface area (Å²) in [5, 5.41) is 10.1. The van der Waals surface area contributed by atoms with Crippen LogP contribution >= 0.6 is 0 Å². The van der Waals surface area contributed by atoms with Crippen molar-refractivity contribution in [2.75, 3.05) is 11.1 Å². The van der Waals surface area contributed by atoms with Crippen LogP contribution in [-0.4, -0.2) is 16.1 Å². The van der Waals surface area contributed by atoms with Gasteiger partial charge in [-0.15, -0.1) is 5.10 Å². The molecule has 0 fully saturated rings. The van der Waals surface area contributed by atoms with Crippen LogP contribution in [0, 0.1) is 6.92 Å². The lowest BCUT2D eigenvalue weighted by Crippen LogP contribution is -2.15. The molecule has 86 valence electrons. The molecule has 2 aromatic rings. The molecular formula is C12H12N4O. The molecule has 2 rings (SSSR count). The van der Waals surface area contributed by atoms with Crippen molar-refractivity contribution in [1.29, 1.82) is 0 Å². The van der Waals surface area contributed by atoms with Gasteiger partial charge in [0.15, 0.2) is 5.82 Å². The van der Waals surface area contributed by atoms with E-state index in [0.29, 0.717) is 17.1 Å². The number of carbonyl (C=O) groups excluding carboxylic acids is 1. The maximum absolute atomic E-state index is 12.0. The first-order valence-corrected chi connectivity index (χ1v) is 5.12. The predicted molar refractivity (Wildman–Crippen MR) is 65.6 cm³/mol. The monoisotopic (exact) mass is 228 g/mol. The first-order chi connectivity index (χ1) is 8.18. The van der Waals surface area contributed by atoms with Gasteiger partial charge in [-0.1, -0.05) is 6.07 Å². The Hall–Kier alpha value is -2.43. The van der Waals surface area contributed by atoms with Gasteiger partial charge in [0.25, 0.3) is 5.91 Å². The number of nitrogens with one attached hydrogen (secondary N) is 1. The Labute approximate surface area is 98.7 Å². The van der Waals surface area contributed by atoms with Gasteiger partial charge in [-0.3, -0.25) is 4.79 Å². The molecule has 3 N–H and O–H groups in total. The van der Waals surface area contributed by atoms with E-state index in [4.69, 9.17) is 5.73 Å². The van der Waals surface area contributed by atoms with Crippen molar-refractivity contribution >= 4 is 17.4 Å². The molecule has 0 radical (unpaired) electrons. The van der Waals surface area contributed by atoms with Gasteiger partial charge < -0.3 is 11.1 Å². The van der Waals surface area contributed by atoms with Gasteiger partial charge in [-0.25, -0.2) is 0 Å². The molecule has 0 unspecified atom stereocenters. The van der Waals surface area contributed by atoms with Crippen molar-refractivity contribution in [2.45, 2.75) is 6.92 Å². The van der Waals surface area contributed by atoms with Crippen LogP contribution in [0.5, 0.6) is 0 Å². The second-order valence-electron chi connectivity index (χ2n) is 3.58. The maximum atomic E-state index is 12.0. The molecule has 0 aliphatic heterocycles. The average Bonchev–Trinajstić information content (AvgIpc) is 2.34. The van der Waals surface area contributed by atoms with E-state index in [1.54, 1.807) is 43.5 Å². The van der Waals surface area contributed by atoms with Crippen molar-refractivity contribution in [3.8, 4) is 0 Å². The minimum Gasteiger partial charge on any atom is -0.398 e. The summed E-state index contributed by atoms with van der Waals surface area (Å²) in [5.74, 6) is 0.176. The Kier molecular flexibility index (Phi) is 3.00. The second-order valence-corrected chi connectivity index (χ2v) is 3.58. The highest BCUT2D eigenvalue weighted by molar-refractivity contribution is 6.05. The topological polar surface area (TPSA) is 80.9 Å². The van der Waals surface area contributed by atoms with Crippen LogP contribution in [0.1, 0.15) is 15.9 Å². The van der Waals surface area contributed by atoms with Crippen molar-refractivity contribution in [2.24, 2.45) is 0 Å². The van der Waals surface area contributed by atoms with E-state index < -0.39 is 0 Å². The molecule has 0 saturated carbocycles. The molecule has 0 bridgehead atoms. The number of aromatic nitrogens is 2. The second kappa shape index (κ2) is 4.61. The van der Waals surface area contributed by atoms with Gasteiger partial charge in [0.2, 0.25) is 0 Å². The van der Waals surface area contributed by atoms with Gasteiger partial charge in [-0.05, 0) is 36.8 Å². The minimum atomic E-state index is -0.240. The quantitative estimate of drug-likeness (QED) is 0.765. The first-order valence-electron chi connectivity index (χ1n) is 5.12. The van der Waals surface area contributed by atoms with Gasteiger partial charge in [0.05, 0.1) is 0 Å². The molecule has 0 aliphatic carbocycles. The molecule has 0 saturated heterocycles. The van der Waals surface area contributed by atoms with E-state index in [1.165, 1.54) is 0 Å². The molecule has 1 heterocycles. The standard InChI is InChI=1S/C12H12N4O/c1-8-9(4-2-5-10(8)13)12(17)15-11-6-3-7-14-16-11/h2-7H,13H2,1H3,(H,15,16,17). The largest absolute Gasteiger partial charge is 0.398 e. The number of hydrogen-bond acceptors (Lipinski definition) is 4. The highest BCUT2D eigenvalue weighted by Crippen LogP contribution is 2.16. The van der Waals surface area contributed by atoms with Crippen LogP contribution in [0.25, 0.3) is 0 Å². The Morgan fingerprint density at radius 3 is 2.82 bits per heavy atom. The molecular weight excluding hydrogens is 216 g/mol. The van der Waals surface area contributed by atoms with Crippen LogP contribution in [0.3, 0.4) is 0 Å². The van der Waals surface area contributed by atoms with Crippen molar-refractivity contribution < 1.29 is 4.79 Å². The number of anilines is 2. The van der Waals surface area contributed by atoms with Crippen molar-refractivity contribution in [3.63, 3.8) is 0 Å². The predicted octanol–water partition coefficient (Wildman–Crippen LogP) is 1.62. The fourth-order valence-corrected chi connectivity index (χ4v) is 1.45. The van der Waals surface area contributed by atoms with Gasteiger partial charge >= 0.3 is 0 Å². The number of carbonyl (C=O) groups is 1. The average molecular weight is 228 g/mol. The van der Waals surface area contributed by atoms with Gasteiger partial charge in [-0.2, -0.15) is 5.10 Å². The molecule has 17 heavy (non-hydrogen) atoms. The van der Waals surface area contributed by atoms with Crippen LogP contribution < -0.4 is 11.1 Å². The summed E-state index contributed by atoms with van der Waals surface area (Å²) in [7, 11) is 0. The van der Waals surface area contributed by atoms with E-state index in [2.05, 4.69) is 15.5 Å². The third kappa shape index (κ3) is 2.39. The summed E-state index contributed by atoms with van der Waals surface area (Å²) >= 11 is 0. The zero-order valence-electron chi connectivity index (χ0n) is 9.34. The number of nitrogens with two attached hydrogens (primary N) is 1. The maximum Gasteiger partial charge on any atom is 0.257 e. The highest BCUT2D eigenvalue weighted by atomic mass is 16.1. The van der Waals surface area contributed by atoms with Crippen LogP contribution in [0.2, 0.25) is 0 Å². The molecule has 5 nitrogen and oxygen atoms in total. The van der Waals surface area contributed by atoms with Crippen molar-refractivity contribution in [1.82, 2.24) is 10.2 Å². The summed E-state index contributed by atoms with van der Waals surface area (Å²) in [6, 6.07) is 8.60. The normalized spacial score (nSPS) is 9.94. The lowest BCUT2D eigenvalue weighted by molar-refractivity contribution is 0.102. The zero-order valence-corrected chi connectivity index (χ0v) is 9.34. The fraction of sp³-hybridized carbons (Fsp3) is 0.0833. The first kappa shape index (κ1) is 11.1. The van der Waals surface area contributed by atoms with Gasteiger partial charge in [0, 0.05) is 17.4 Å². The zero-order chi connectivity index (χ0) is 12.3. The third-order valence-electron chi connectivity index (χ3n) is 2.43. The summed E-state index contributed by atoms with van der Waals surface area (Å²) in [6.45, 7) is 1.81. The lowest BCUT2D eigenvalue weighted by Gasteiger charge is -2.08. The Morgan fingerprint density at radius 2 is 2.12 bits per heavy atom. The van der Waals surface area contributed by atoms with Crippen LogP contribution in [0.15, 0.2) is 36.5 Å². The number of hydrogen-bond donors (Lipinski definition) is 2. The van der Waals surface area contributed by atoms with E-state index >= 15 is 0 Å². The summed E-state index contributed by atoms with van der Waals surface area (Å²) in [5.41, 5.74) is 7.63. The van der Waals surface area contributed by atoms with Gasteiger partial charge in [0.1, 0.15) is 0 Å². The summed E-state index contributed by atoms with van der Waals surface area (Å²) in [6.07, 6.45) is 1.54. The molecule has 0 spiro atoms. The van der Waals surface area contributed by atoms with Crippen molar-refractivity contribution in [3.05, 3.63) is 47.7 Å². The fourth-order valence-electron chi connectivity index (χ4n) is 1.45. The van der Waals surface area contributed by atoms with E-state index in [1.807, 2.05) is 0 Å². The molecule has 5 heteroatoms. The Bertz CT molecular complexity index is 539. The number of amides is 1. The Morgan fingerprint density at radius 1 is 1.29 bits per heavy atom. The molecule has 0 atom stereocenters. The number of nitrogen functional groups attached to an aromatic ring is 1. The van der Waals surface area contributed by atoms with E-state index in [-0.39, 0.29) is 5.91 Å². The molecule has 0 aliphatic rings. The Balaban J connectivity index is 2.24. The van der Waals surface area contributed by atoms with E-state index in [0.717, 1.165) is 5.56 Å². The smallest absolute Gasteiger partial charge is 0.257 e. The summed E-state index contributed by atoms with van der Waals surface area (Å²) in [4.78, 5) is 12.0. The van der Waals surface area contributed by atoms with E-state index in [9.17, 15) is 4.79 Å². The molecule has 1 aromatic heterocycles. The number of benzene rings is 1. The minimum absolute atomic E-state index is 0.240. The number of nitrogens with zero attached hydrogens (tertiary/aromatic N) is 2. The highest BCUT2D eigenvalue weighted by Gasteiger charge is 2.10. The lowest BCUT2D eigenvalue weighted by atomic mass is 10.1. The number of rotatable bonds is 2.